The highest BCUT2D eigenvalue weighted by atomic mass is 35.5. The molecule has 0 aliphatic heterocycles. The Bertz CT molecular complexity index is 56.9. The van der Waals surface area contributed by atoms with Gasteiger partial charge in [0.25, 0.3) is 0 Å². The highest BCUT2D eigenvalue weighted by molar-refractivity contribution is 6.19. The van der Waals surface area contributed by atoms with Gasteiger partial charge in [0.2, 0.25) is 5.63 Å². The lowest BCUT2D eigenvalue weighted by atomic mass is 10.8. The van der Waals surface area contributed by atoms with Crippen LogP contribution < -0.4 is 0 Å². The van der Waals surface area contributed by atoms with Gasteiger partial charge in [0, 0.05) is 0 Å². The molecule has 0 aliphatic carbocycles. The molecule has 4 heteroatoms. The first-order chi connectivity index (χ1) is 3.27. The van der Waals surface area contributed by atoms with Crippen LogP contribution in [0.5, 0.6) is 0 Å². The van der Waals surface area contributed by atoms with Crippen LogP contribution in [0.15, 0.2) is 0 Å². The Balaban J connectivity index is 2.81. The fraction of sp³-hybridized carbons (Fsp3) is 0.667. The Kier molecular flexibility index (Phi) is 3.69. The third-order valence-electron chi connectivity index (χ3n) is 0.268. The lowest BCUT2D eigenvalue weighted by molar-refractivity contribution is 0.225. The average molecular weight is 126 g/mol. The van der Waals surface area contributed by atoms with Crippen LogP contribution in [0.3, 0.4) is 0 Å². The van der Waals surface area contributed by atoms with E-state index in [-0.39, 0.29) is 0 Å². The summed E-state index contributed by atoms with van der Waals surface area (Å²) in [6.45, 7) is 0.599. The van der Waals surface area contributed by atoms with Crippen LogP contribution in [0.25, 0.3) is 0 Å². The zero-order valence-corrected chi connectivity index (χ0v) is 4.11. The van der Waals surface area contributed by atoms with Crippen LogP contribution in [0.4, 0.5) is 4.39 Å². The SMILES string of the molecule is O=[C]OCC(F)Cl. The first kappa shape index (κ1) is 6.69. The number of alkyl halides is 2. The van der Waals surface area contributed by atoms with Crippen molar-refractivity contribution in [3.05, 3.63) is 0 Å². The summed E-state index contributed by atoms with van der Waals surface area (Å²) in [5.41, 5.74) is -1.61. The van der Waals surface area contributed by atoms with Crippen molar-refractivity contribution in [3.63, 3.8) is 0 Å². The van der Waals surface area contributed by atoms with E-state index in [4.69, 9.17) is 4.79 Å². The molecule has 7 heavy (non-hydrogen) atoms. The molecule has 1 atom stereocenters. The molecular weight excluding hydrogens is 122 g/mol. The second kappa shape index (κ2) is 3.87. The van der Waals surface area contributed by atoms with E-state index < -0.39 is 12.2 Å². The molecule has 0 spiro atoms. The summed E-state index contributed by atoms with van der Waals surface area (Å²) in [4.78, 5) is 9.14. The lowest BCUT2D eigenvalue weighted by Gasteiger charge is -1.91. The number of carbonyl (C=O) groups excluding carboxylic acids is 1. The van der Waals surface area contributed by atoms with Gasteiger partial charge in [-0.15, -0.1) is 0 Å². The molecule has 0 aliphatic rings. The third kappa shape index (κ3) is 5.69. The Labute approximate surface area is 45.2 Å². The lowest BCUT2D eigenvalue weighted by Crippen LogP contribution is -2.00. The van der Waals surface area contributed by atoms with E-state index in [2.05, 4.69) is 16.3 Å². The molecule has 1 radical (unpaired) electrons. The Morgan fingerprint density at radius 1 is 2.00 bits per heavy atom. The summed E-state index contributed by atoms with van der Waals surface area (Å²) < 4.78 is 15.1. The second-order valence-corrected chi connectivity index (χ2v) is 1.26. The van der Waals surface area contributed by atoms with Crippen molar-refractivity contribution in [3.8, 4) is 0 Å². The van der Waals surface area contributed by atoms with Gasteiger partial charge >= 0.3 is 6.47 Å². The molecule has 0 fully saturated rings. The van der Waals surface area contributed by atoms with Gasteiger partial charge in [-0.2, -0.15) is 0 Å². The molecule has 0 aromatic rings. The number of hydrogen-bond donors (Lipinski definition) is 0. The zero-order chi connectivity index (χ0) is 5.70. The van der Waals surface area contributed by atoms with E-state index in [0.29, 0.717) is 0 Å². The number of ether oxygens (including phenoxy) is 1. The molecule has 0 N–H and O–H groups in total. The molecule has 0 heterocycles. The molecule has 0 amide bonds. The molecule has 0 saturated heterocycles. The van der Waals surface area contributed by atoms with Gasteiger partial charge < -0.3 is 4.74 Å². The largest absolute Gasteiger partial charge is 0.453 e. The van der Waals surface area contributed by atoms with Crippen LogP contribution in [0.2, 0.25) is 0 Å². The zero-order valence-electron chi connectivity index (χ0n) is 3.36. The van der Waals surface area contributed by atoms with Gasteiger partial charge in [-0.05, 0) is 0 Å². The van der Waals surface area contributed by atoms with Crippen LogP contribution >= 0.6 is 11.6 Å². The van der Waals surface area contributed by atoms with E-state index in [1.54, 1.807) is 0 Å². The van der Waals surface area contributed by atoms with Gasteiger partial charge in [0.15, 0.2) is 0 Å². The van der Waals surface area contributed by atoms with Gasteiger partial charge in [-0.1, -0.05) is 11.6 Å². The van der Waals surface area contributed by atoms with Gasteiger partial charge in [-0.25, -0.2) is 9.18 Å². The van der Waals surface area contributed by atoms with Crippen molar-refractivity contribution in [1.82, 2.24) is 0 Å². The fourth-order valence-corrected chi connectivity index (χ4v) is 0.160. The summed E-state index contributed by atoms with van der Waals surface area (Å²) >= 11 is 4.69. The van der Waals surface area contributed by atoms with Crippen LogP contribution in [-0.4, -0.2) is 18.7 Å². The molecule has 2 nitrogen and oxygen atoms in total. The summed E-state index contributed by atoms with van der Waals surface area (Å²) in [5.74, 6) is 0. The molecule has 0 rings (SSSR count). The van der Waals surface area contributed by atoms with Crippen molar-refractivity contribution < 1.29 is 13.9 Å². The van der Waals surface area contributed by atoms with Crippen molar-refractivity contribution >= 4 is 18.1 Å². The first-order valence-electron chi connectivity index (χ1n) is 1.54. The smallest absolute Gasteiger partial charge is 0.417 e. The minimum Gasteiger partial charge on any atom is -0.453 e. The van der Waals surface area contributed by atoms with Crippen LogP contribution in [-0.2, 0) is 9.53 Å². The Morgan fingerprint density at radius 3 is 2.71 bits per heavy atom. The van der Waals surface area contributed by atoms with Gasteiger partial charge in [-0.3, -0.25) is 0 Å². The summed E-state index contributed by atoms with van der Waals surface area (Å²) in [7, 11) is 0. The average Bonchev–Trinajstić information content (AvgIpc) is 1.61. The highest BCUT2D eigenvalue weighted by Crippen LogP contribution is 1.94. The van der Waals surface area contributed by atoms with Crippen molar-refractivity contribution in [2.24, 2.45) is 0 Å². The fourth-order valence-electron chi connectivity index (χ4n) is 0.0970. The predicted octanol–water partition coefficient (Wildman–Crippen LogP) is 0.605. The normalized spacial score (nSPS) is 12.9. The van der Waals surface area contributed by atoms with Crippen molar-refractivity contribution in [2.75, 3.05) is 6.61 Å². The topological polar surface area (TPSA) is 26.3 Å². The first-order valence-corrected chi connectivity index (χ1v) is 1.98. The number of rotatable bonds is 3. The maximum atomic E-state index is 11.4. The minimum absolute atomic E-state index is 0.426. The summed E-state index contributed by atoms with van der Waals surface area (Å²) in [5, 5.41) is 0. The molecular formula is C3H3ClFO2. The molecule has 41 valence electrons. The van der Waals surface area contributed by atoms with Gasteiger partial charge in [0.1, 0.15) is 6.61 Å². The van der Waals surface area contributed by atoms with E-state index in [1.807, 2.05) is 0 Å². The quantitative estimate of drug-likeness (QED) is 0.517. The predicted molar refractivity (Wildman–Crippen MR) is 22.4 cm³/mol. The molecule has 0 aromatic carbocycles. The van der Waals surface area contributed by atoms with E-state index in [1.165, 1.54) is 0 Å². The Hall–Kier alpha value is -0.310. The summed E-state index contributed by atoms with van der Waals surface area (Å²) in [6, 6.07) is 0. The number of hydrogen-bond acceptors (Lipinski definition) is 2. The van der Waals surface area contributed by atoms with E-state index in [0.717, 1.165) is 6.47 Å². The van der Waals surface area contributed by atoms with Gasteiger partial charge in [0.05, 0.1) is 0 Å². The van der Waals surface area contributed by atoms with E-state index >= 15 is 0 Å². The van der Waals surface area contributed by atoms with Crippen molar-refractivity contribution in [1.29, 1.82) is 0 Å². The molecule has 1 unspecified atom stereocenters. The molecule has 0 bridgehead atoms. The number of halogens is 2. The van der Waals surface area contributed by atoms with Crippen LogP contribution in [0.1, 0.15) is 0 Å². The highest BCUT2D eigenvalue weighted by Gasteiger charge is 1.97. The monoisotopic (exact) mass is 125 g/mol. The maximum Gasteiger partial charge on any atom is 0.417 e. The molecule has 0 aromatic heterocycles. The summed E-state index contributed by atoms with van der Waals surface area (Å²) in [6.07, 6.45) is 0. The minimum atomic E-state index is -1.61. The van der Waals surface area contributed by atoms with Crippen molar-refractivity contribution in [2.45, 2.75) is 5.63 Å². The third-order valence-corrected chi connectivity index (χ3v) is 0.394. The maximum absolute atomic E-state index is 11.4. The standard InChI is InChI=1S/C3H3ClFO2/c4-3(5)1-7-2-6/h3H,1H2. The van der Waals surface area contributed by atoms with Crippen LogP contribution in [0, 0.1) is 0 Å². The Morgan fingerprint density at radius 2 is 2.57 bits per heavy atom. The van der Waals surface area contributed by atoms with E-state index in [9.17, 15) is 4.39 Å². The second-order valence-electron chi connectivity index (χ2n) is 0.785. The molecule has 0 saturated carbocycles.